The molecule has 1 aromatic heterocycles. The highest BCUT2D eigenvalue weighted by Gasteiger charge is 2.34. The standard InChI is InChI=1S/C15H15F3N2O3/c1-9(2)22-14-19-12(15(16,17)18)8-13(20-14)23-11-6-4-5-10(7-11)21-3/h4-9H,1-3H3. The fraction of sp³-hybridized carbons (Fsp3) is 0.333. The molecular formula is C15H15F3N2O3. The van der Waals surface area contributed by atoms with Gasteiger partial charge in [0.1, 0.15) is 11.5 Å². The molecule has 124 valence electrons. The molecule has 0 spiro atoms. The van der Waals surface area contributed by atoms with Crippen molar-refractivity contribution in [1.82, 2.24) is 9.97 Å². The molecular weight excluding hydrogens is 313 g/mol. The molecule has 0 aliphatic carbocycles. The quantitative estimate of drug-likeness (QED) is 0.828. The van der Waals surface area contributed by atoms with E-state index in [1.54, 1.807) is 32.0 Å². The molecule has 0 aliphatic rings. The Hall–Kier alpha value is -2.51. The lowest BCUT2D eigenvalue weighted by atomic mass is 10.3. The first-order chi connectivity index (χ1) is 10.8. The molecule has 0 fully saturated rings. The van der Waals surface area contributed by atoms with E-state index in [-0.39, 0.29) is 17.7 Å². The van der Waals surface area contributed by atoms with Gasteiger partial charge >= 0.3 is 12.2 Å². The van der Waals surface area contributed by atoms with Crippen LogP contribution in [-0.2, 0) is 6.18 Å². The van der Waals surface area contributed by atoms with Crippen molar-refractivity contribution >= 4 is 0 Å². The molecule has 5 nitrogen and oxygen atoms in total. The fourth-order valence-corrected chi connectivity index (χ4v) is 1.65. The van der Waals surface area contributed by atoms with E-state index in [1.165, 1.54) is 13.2 Å². The molecule has 0 aliphatic heterocycles. The van der Waals surface area contributed by atoms with Crippen molar-refractivity contribution in [2.75, 3.05) is 7.11 Å². The van der Waals surface area contributed by atoms with Gasteiger partial charge in [-0.2, -0.15) is 23.1 Å². The van der Waals surface area contributed by atoms with Gasteiger partial charge in [-0.15, -0.1) is 0 Å². The minimum atomic E-state index is -4.63. The van der Waals surface area contributed by atoms with E-state index in [4.69, 9.17) is 14.2 Å². The summed E-state index contributed by atoms with van der Waals surface area (Å²) in [5, 5.41) is 0. The zero-order valence-corrected chi connectivity index (χ0v) is 12.7. The second-order valence-corrected chi connectivity index (χ2v) is 4.82. The molecule has 23 heavy (non-hydrogen) atoms. The van der Waals surface area contributed by atoms with Crippen LogP contribution in [0.5, 0.6) is 23.4 Å². The minimum absolute atomic E-state index is 0.267. The topological polar surface area (TPSA) is 53.5 Å². The second kappa shape index (κ2) is 6.72. The maximum Gasteiger partial charge on any atom is 0.433 e. The Labute approximate surface area is 131 Å². The van der Waals surface area contributed by atoms with Crippen molar-refractivity contribution in [3.63, 3.8) is 0 Å². The van der Waals surface area contributed by atoms with E-state index >= 15 is 0 Å². The van der Waals surface area contributed by atoms with Crippen LogP contribution in [0.1, 0.15) is 19.5 Å². The third-order valence-corrected chi connectivity index (χ3v) is 2.58. The van der Waals surface area contributed by atoms with Gasteiger partial charge in [0, 0.05) is 12.1 Å². The van der Waals surface area contributed by atoms with Crippen LogP contribution < -0.4 is 14.2 Å². The van der Waals surface area contributed by atoms with Crippen LogP contribution in [0.3, 0.4) is 0 Å². The summed E-state index contributed by atoms with van der Waals surface area (Å²) in [4.78, 5) is 7.20. The van der Waals surface area contributed by atoms with Gasteiger partial charge in [-0.25, -0.2) is 0 Å². The maximum absolute atomic E-state index is 12.9. The third-order valence-electron chi connectivity index (χ3n) is 2.58. The Balaban J connectivity index is 2.36. The van der Waals surface area contributed by atoms with Crippen LogP contribution >= 0.6 is 0 Å². The number of aromatic nitrogens is 2. The largest absolute Gasteiger partial charge is 0.497 e. The average molecular weight is 328 g/mol. The zero-order valence-electron chi connectivity index (χ0n) is 12.7. The number of benzene rings is 1. The van der Waals surface area contributed by atoms with Crippen molar-refractivity contribution in [1.29, 1.82) is 0 Å². The molecule has 0 amide bonds. The zero-order chi connectivity index (χ0) is 17.0. The van der Waals surface area contributed by atoms with Crippen molar-refractivity contribution in [2.24, 2.45) is 0 Å². The average Bonchev–Trinajstić information content (AvgIpc) is 2.45. The molecule has 8 heteroatoms. The highest BCUT2D eigenvalue weighted by Crippen LogP contribution is 2.32. The summed E-state index contributed by atoms with van der Waals surface area (Å²) < 4.78 is 54.3. The summed E-state index contributed by atoms with van der Waals surface area (Å²) in [6.45, 7) is 3.32. The molecule has 0 atom stereocenters. The lowest BCUT2D eigenvalue weighted by Crippen LogP contribution is -2.14. The minimum Gasteiger partial charge on any atom is -0.497 e. The van der Waals surface area contributed by atoms with Crippen LogP contribution in [0, 0.1) is 0 Å². The summed E-state index contributed by atoms with van der Waals surface area (Å²) in [5.41, 5.74) is -1.14. The Kier molecular flexibility index (Phi) is 4.92. The lowest BCUT2D eigenvalue weighted by molar-refractivity contribution is -0.141. The fourth-order valence-electron chi connectivity index (χ4n) is 1.65. The Morgan fingerprint density at radius 1 is 1.04 bits per heavy atom. The number of halogens is 3. The van der Waals surface area contributed by atoms with E-state index in [1.807, 2.05) is 0 Å². The molecule has 0 unspecified atom stereocenters. The molecule has 2 rings (SSSR count). The second-order valence-electron chi connectivity index (χ2n) is 4.82. The smallest absolute Gasteiger partial charge is 0.433 e. The van der Waals surface area contributed by atoms with Crippen molar-refractivity contribution < 1.29 is 27.4 Å². The first-order valence-corrected chi connectivity index (χ1v) is 6.73. The lowest BCUT2D eigenvalue weighted by Gasteiger charge is -2.13. The molecule has 1 aromatic carbocycles. The normalized spacial score (nSPS) is 11.4. The first kappa shape index (κ1) is 16.9. The van der Waals surface area contributed by atoms with Crippen molar-refractivity contribution in [2.45, 2.75) is 26.1 Å². The van der Waals surface area contributed by atoms with Gasteiger partial charge in [0.05, 0.1) is 13.2 Å². The Morgan fingerprint density at radius 2 is 1.74 bits per heavy atom. The summed E-state index contributed by atoms with van der Waals surface area (Å²) in [7, 11) is 1.47. The van der Waals surface area contributed by atoms with E-state index in [2.05, 4.69) is 9.97 Å². The van der Waals surface area contributed by atoms with Crippen LogP contribution in [0.25, 0.3) is 0 Å². The number of ether oxygens (including phenoxy) is 3. The molecule has 0 saturated carbocycles. The van der Waals surface area contributed by atoms with Gasteiger partial charge in [0.25, 0.3) is 0 Å². The summed E-state index contributed by atoms with van der Waals surface area (Å²) >= 11 is 0. The number of alkyl halides is 3. The van der Waals surface area contributed by atoms with E-state index in [9.17, 15) is 13.2 Å². The van der Waals surface area contributed by atoms with Gasteiger partial charge < -0.3 is 14.2 Å². The van der Waals surface area contributed by atoms with E-state index in [0.717, 1.165) is 0 Å². The van der Waals surface area contributed by atoms with E-state index < -0.39 is 17.9 Å². The molecule has 0 radical (unpaired) electrons. The highest BCUT2D eigenvalue weighted by molar-refractivity contribution is 5.35. The Bertz CT molecular complexity index is 675. The molecule has 0 N–H and O–H groups in total. The number of methoxy groups -OCH3 is 1. The molecule has 0 bridgehead atoms. The number of nitrogens with zero attached hydrogens (tertiary/aromatic N) is 2. The third kappa shape index (κ3) is 4.73. The predicted molar refractivity (Wildman–Crippen MR) is 75.9 cm³/mol. The van der Waals surface area contributed by atoms with Gasteiger partial charge in [-0.1, -0.05) is 6.07 Å². The maximum atomic E-state index is 12.9. The molecule has 0 saturated heterocycles. The van der Waals surface area contributed by atoms with Crippen molar-refractivity contribution in [3.05, 3.63) is 36.0 Å². The van der Waals surface area contributed by atoms with Crippen LogP contribution in [0.2, 0.25) is 0 Å². The van der Waals surface area contributed by atoms with Crippen LogP contribution in [0.15, 0.2) is 30.3 Å². The van der Waals surface area contributed by atoms with Gasteiger partial charge in [-0.3, -0.25) is 0 Å². The number of rotatable bonds is 5. The summed E-state index contributed by atoms with van der Waals surface area (Å²) in [5.74, 6) is 0.522. The SMILES string of the molecule is COc1cccc(Oc2cc(C(F)(F)F)nc(OC(C)C)n2)c1. The first-order valence-electron chi connectivity index (χ1n) is 6.73. The highest BCUT2D eigenvalue weighted by atomic mass is 19.4. The van der Waals surface area contributed by atoms with Crippen LogP contribution in [0.4, 0.5) is 13.2 Å². The van der Waals surface area contributed by atoms with Crippen molar-refractivity contribution in [3.8, 4) is 23.4 Å². The molecule has 2 aromatic rings. The number of hydrogen-bond donors (Lipinski definition) is 0. The van der Waals surface area contributed by atoms with Gasteiger partial charge in [-0.05, 0) is 26.0 Å². The molecule has 1 heterocycles. The monoisotopic (exact) mass is 328 g/mol. The van der Waals surface area contributed by atoms with Crippen LogP contribution in [-0.4, -0.2) is 23.2 Å². The predicted octanol–water partition coefficient (Wildman–Crippen LogP) is 4.08. The van der Waals surface area contributed by atoms with Gasteiger partial charge in [0.2, 0.25) is 5.88 Å². The Morgan fingerprint density at radius 3 is 2.35 bits per heavy atom. The van der Waals surface area contributed by atoms with Gasteiger partial charge in [0.15, 0.2) is 5.69 Å². The number of hydrogen-bond acceptors (Lipinski definition) is 5. The van der Waals surface area contributed by atoms with E-state index in [0.29, 0.717) is 11.8 Å². The summed E-state index contributed by atoms with van der Waals surface area (Å²) in [6, 6.07) is 6.74. The summed E-state index contributed by atoms with van der Waals surface area (Å²) in [6.07, 6.45) is -5.01.